The van der Waals surface area contributed by atoms with Gasteiger partial charge in [0.2, 0.25) is 0 Å². The van der Waals surface area contributed by atoms with E-state index >= 15 is 0 Å². The number of nitrogens with one attached hydrogen (secondary N) is 1. The van der Waals surface area contributed by atoms with Crippen LogP contribution in [0.2, 0.25) is 0 Å². The van der Waals surface area contributed by atoms with E-state index in [4.69, 9.17) is 9.84 Å². The maximum Gasteiger partial charge on any atom is 0.321 e. The van der Waals surface area contributed by atoms with Crippen LogP contribution < -0.4 is 5.32 Å². The van der Waals surface area contributed by atoms with Crippen LogP contribution in [0.5, 0.6) is 0 Å². The van der Waals surface area contributed by atoms with Crippen LogP contribution in [0.3, 0.4) is 0 Å². The Morgan fingerprint density at radius 3 is 2.92 bits per heavy atom. The van der Waals surface area contributed by atoms with Gasteiger partial charge in [-0.05, 0) is 6.42 Å². The summed E-state index contributed by atoms with van der Waals surface area (Å²) in [7, 11) is 1.63. The van der Waals surface area contributed by atoms with Crippen molar-refractivity contribution in [3.8, 4) is 0 Å². The van der Waals surface area contributed by atoms with E-state index in [1.165, 1.54) is 0 Å². The van der Waals surface area contributed by atoms with Gasteiger partial charge in [-0.1, -0.05) is 6.92 Å². The molecule has 2 atom stereocenters. The van der Waals surface area contributed by atoms with Crippen LogP contribution >= 0.6 is 11.8 Å². The lowest BCUT2D eigenvalue weighted by molar-refractivity contribution is -0.139. The van der Waals surface area contributed by atoms with Gasteiger partial charge < -0.3 is 9.84 Å². The Balaban J connectivity index is 2.57. The molecule has 0 aromatic carbocycles. The summed E-state index contributed by atoms with van der Waals surface area (Å²) in [6, 6.07) is -0.430. The zero-order valence-electron chi connectivity index (χ0n) is 7.87. The number of carboxylic acid groups (broad SMARTS) is 1. The Kier molecular flexibility index (Phi) is 3.58. The molecular formula is C8H15NO3S. The van der Waals surface area contributed by atoms with Crippen molar-refractivity contribution in [1.29, 1.82) is 0 Å². The fraction of sp³-hybridized carbons (Fsp3) is 0.875. The maximum absolute atomic E-state index is 10.7. The second-order valence-electron chi connectivity index (χ2n) is 3.13. The van der Waals surface area contributed by atoms with Crippen molar-refractivity contribution < 1.29 is 14.6 Å². The summed E-state index contributed by atoms with van der Waals surface area (Å²) in [5, 5.41) is 11.9. The number of hydrogen-bond acceptors (Lipinski definition) is 4. The number of ether oxygens (including phenoxy) is 1. The first kappa shape index (κ1) is 10.8. The second kappa shape index (κ2) is 4.30. The highest BCUT2D eigenvalue weighted by Gasteiger charge is 2.40. The maximum atomic E-state index is 10.7. The van der Waals surface area contributed by atoms with Crippen molar-refractivity contribution in [1.82, 2.24) is 5.32 Å². The van der Waals surface area contributed by atoms with Crippen molar-refractivity contribution >= 4 is 17.7 Å². The lowest BCUT2D eigenvalue weighted by Crippen LogP contribution is -2.47. The minimum Gasteiger partial charge on any atom is -0.480 e. The van der Waals surface area contributed by atoms with Gasteiger partial charge in [0.15, 0.2) is 0 Å². The number of aliphatic carboxylic acids is 1. The van der Waals surface area contributed by atoms with Crippen molar-refractivity contribution in [2.45, 2.75) is 24.3 Å². The molecule has 1 rings (SSSR count). The van der Waals surface area contributed by atoms with Crippen molar-refractivity contribution in [2.75, 3.05) is 19.5 Å². The molecule has 5 heteroatoms. The summed E-state index contributed by atoms with van der Waals surface area (Å²) in [6.07, 6.45) is 0.870. The average molecular weight is 205 g/mol. The average Bonchev–Trinajstić information content (AvgIpc) is 2.51. The Morgan fingerprint density at radius 2 is 2.54 bits per heavy atom. The molecule has 0 aromatic heterocycles. The largest absolute Gasteiger partial charge is 0.480 e. The Morgan fingerprint density at radius 1 is 1.85 bits per heavy atom. The monoisotopic (exact) mass is 205 g/mol. The normalized spacial score (nSPS) is 33.5. The van der Waals surface area contributed by atoms with Crippen LogP contribution in [0.15, 0.2) is 0 Å². The van der Waals surface area contributed by atoms with E-state index in [9.17, 15) is 4.79 Å². The highest BCUT2D eigenvalue weighted by atomic mass is 32.2. The summed E-state index contributed by atoms with van der Waals surface area (Å²) in [4.78, 5) is 10.5. The van der Waals surface area contributed by atoms with Crippen molar-refractivity contribution in [3.63, 3.8) is 0 Å². The van der Waals surface area contributed by atoms with E-state index in [2.05, 4.69) is 5.32 Å². The molecule has 4 nitrogen and oxygen atoms in total. The van der Waals surface area contributed by atoms with Crippen molar-refractivity contribution in [2.24, 2.45) is 0 Å². The Bertz CT molecular complexity index is 200. The van der Waals surface area contributed by atoms with Gasteiger partial charge in [-0.3, -0.25) is 10.1 Å². The highest BCUT2D eigenvalue weighted by molar-refractivity contribution is 8.01. The van der Waals surface area contributed by atoms with Gasteiger partial charge in [0, 0.05) is 12.9 Å². The first-order valence-corrected chi connectivity index (χ1v) is 5.25. The minimum atomic E-state index is -0.779. The zero-order valence-corrected chi connectivity index (χ0v) is 8.69. The third kappa shape index (κ3) is 2.36. The van der Waals surface area contributed by atoms with Gasteiger partial charge in [-0.15, -0.1) is 11.8 Å². The minimum absolute atomic E-state index is 0.197. The lowest BCUT2D eigenvalue weighted by atomic mass is 10.2. The van der Waals surface area contributed by atoms with Crippen LogP contribution in [-0.4, -0.2) is 41.5 Å². The molecular weight excluding hydrogens is 190 g/mol. The van der Waals surface area contributed by atoms with Gasteiger partial charge in [-0.25, -0.2) is 0 Å². The predicted molar refractivity (Wildman–Crippen MR) is 51.9 cm³/mol. The molecule has 2 N–H and O–H groups in total. The molecule has 13 heavy (non-hydrogen) atoms. The molecule has 0 aromatic rings. The van der Waals surface area contributed by atoms with Gasteiger partial charge >= 0.3 is 5.97 Å². The molecule has 1 heterocycles. The SMILES string of the molecule is CCC1(COC)N[C@H](C(=O)O)CS1. The summed E-state index contributed by atoms with van der Waals surface area (Å²) in [5.41, 5.74) is 0. The molecule has 1 unspecified atom stereocenters. The number of thioether (sulfide) groups is 1. The number of carboxylic acids is 1. The molecule has 0 radical (unpaired) electrons. The summed E-state index contributed by atoms with van der Waals surface area (Å²) in [6.45, 7) is 2.58. The molecule has 76 valence electrons. The number of rotatable bonds is 4. The number of carbonyl (C=O) groups is 1. The second-order valence-corrected chi connectivity index (χ2v) is 4.53. The summed E-state index contributed by atoms with van der Waals surface area (Å²) >= 11 is 1.63. The van der Waals surface area contributed by atoms with Crippen LogP contribution in [-0.2, 0) is 9.53 Å². The fourth-order valence-electron chi connectivity index (χ4n) is 1.40. The quantitative estimate of drug-likeness (QED) is 0.701. The fourth-order valence-corrected chi connectivity index (χ4v) is 2.74. The molecule has 1 aliphatic rings. The molecule has 1 saturated heterocycles. The third-order valence-electron chi connectivity index (χ3n) is 2.21. The third-order valence-corrected chi connectivity index (χ3v) is 3.79. The van der Waals surface area contributed by atoms with Crippen LogP contribution in [0.25, 0.3) is 0 Å². The molecule has 1 fully saturated rings. The first-order chi connectivity index (χ1) is 6.13. The Labute approximate surface area is 82.0 Å². The van der Waals surface area contributed by atoms with E-state index in [1.54, 1.807) is 18.9 Å². The summed E-state index contributed by atoms with van der Waals surface area (Å²) in [5.74, 6) is -0.161. The zero-order chi connectivity index (χ0) is 9.90. The molecule has 0 saturated carbocycles. The number of hydrogen-bond donors (Lipinski definition) is 2. The highest BCUT2D eigenvalue weighted by Crippen LogP contribution is 2.33. The molecule has 0 bridgehead atoms. The lowest BCUT2D eigenvalue weighted by Gasteiger charge is -2.26. The van der Waals surface area contributed by atoms with Crippen LogP contribution in [0.4, 0.5) is 0 Å². The van der Waals surface area contributed by atoms with Gasteiger partial charge in [0.25, 0.3) is 0 Å². The van der Waals surface area contributed by atoms with Gasteiger partial charge in [0.05, 0.1) is 11.5 Å². The standard InChI is InChI=1S/C8H15NO3S/c1-3-8(5-12-2)9-6(4-13-8)7(10)11/h6,9H,3-5H2,1-2H3,(H,10,11)/t6-,8?/m0/s1. The Hall–Kier alpha value is -0.260. The van der Waals surface area contributed by atoms with Crippen molar-refractivity contribution in [3.05, 3.63) is 0 Å². The first-order valence-electron chi connectivity index (χ1n) is 4.27. The van der Waals surface area contributed by atoms with Gasteiger partial charge in [0.1, 0.15) is 6.04 Å². The molecule has 0 aliphatic carbocycles. The molecule has 0 spiro atoms. The van der Waals surface area contributed by atoms with Gasteiger partial charge in [-0.2, -0.15) is 0 Å². The van der Waals surface area contributed by atoms with E-state index in [0.29, 0.717) is 12.4 Å². The van der Waals surface area contributed by atoms with Crippen LogP contribution in [0.1, 0.15) is 13.3 Å². The van der Waals surface area contributed by atoms with E-state index in [0.717, 1.165) is 6.42 Å². The van der Waals surface area contributed by atoms with E-state index in [1.807, 2.05) is 6.92 Å². The molecule has 1 aliphatic heterocycles. The predicted octanol–water partition coefficient (Wildman–Crippen LogP) is 0.529. The summed E-state index contributed by atoms with van der Waals surface area (Å²) < 4.78 is 5.07. The van der Waals surface area contributed by atoms with Crippen LogP contribution in [0, 0.1) is 0 Å². The molecule has 0 amide bonds. The number of methoxy groups -OCH3 is 1. The smallest absolute Gasteiger partial charge is 0.321 e. The van der Waals surface area contributed by atoms with E-state index in [-0.39, 0.29) is 4.87 Å². The van der Waals surface area contributed by atoms with E-state index < -0.39 is 12.0 Å². The topological polar surface area (TPSA) is 58.6 Å².